The molecule has 0 aromatic carbocycles. The molecule has 1 rings (SSSR count). The van der Waals surface area contributed by atoms with E-state index in [0.717, 1.165) is 19.4 Å². The molecule has 4 nitrogen and oxygen atoms in total. The van der Waals surface area contributed by atoms with Crippen LogP contribution in [0, 0.1) is 11.8 Å². The second-order valence-electron chi connectivity index (χ2n) is 6.03. The molecule has 118 valence electrons. The molecule has 0 aliphatic heterocycles. The van der Waals surface area contributed by atoms with Crippen LogP contribution in [0.15, 0.2) is 0 Å². The van der Waals surface area contributed by atoms with Gasteiger partial charge in [0.05, 0.1) is 12.1 Å². The zero-order valence-corrected chi connectivity index (χ0v) is 13.4. The molecule has 0 saturated heterocycles. The van der Waals surface area contributed by atoms with Gasteiger partial charge in [-0.25, -0.2) is 0 Å². The first kappa shape index (κ1) is 17.4. The molecule has 0 heterocycles. The van der Waals surface area contributed by atoms with E-state index in [1.807, 2.05) is 13.8 Å². The minimum atomic E-state index is -0.392. The number of ether oxygens (including phenoxy) is 1. The second-order valence-corrected chi connectivity index (χ2v) is 6.03. The molecular formula is C16H32N2O2. The monoisotopic (exact) mass is 284 g/mol. The van der Waals surface area contributed by atoms with Gasteiger partial charge in [0, 0.05) is 13.2 Å². The molecule has 0 bridgehead atoms. The Hall–Kier alpha value is -0.610. The number of nitrogens with two attached hydrogens (primary N) is 1. The summed E-state index contributed by atoms with van der Waals surface area (Å²) < 4.78 is 5.85. The number of carbonyl (C=O) groups excluding carboxylic acids is 1. The first-order valence-corrected chi connectivity index (χ1v) is 8.25. The normalized spacial score (nSPS) is 20.6. The molecule has 20 heavy (non-hydrogen) atoms. The van der Waals surface area contributed by atoms with E-state index in [9.17, 15) is 4.79 Å². The van der Waals surface area contributed by atoms with Crippen molar-refractivity contribution in [2.24, 2.45) is 17.6 Å². The van der Waals surface area contributed by atoms with Crippen LogP contribution in [-0.2, 0) is 9.53 Å². The molecule has 3 unspecified atom stereocenters. The summed E-state index contributed by atoms with van der Waals surface area (Å²) in [5.74, 6) is 0.878. The van der Waals surface area contributed by atoms with Crippen molar-refractivity contribution < 1.29 is 9.53 Å². The van der Waals surface area contributed by atoms with Crippen LogP contribution in [0.3, 0.4) is 0 Å². The molecule has 1 fully saturated rings. The molecule has 4 heteroatoms. The lowest BCUT2D eigenvalue weighted by atomic mass is 9.97. The van der Waals surface area contributed by atoms with Gasteiger partial charge in [0.1, 0.15) is 0 Å². The summed E-state index contributed by atoms with van der Waals surface area (Å²) in [4.78, 5) is 11.9. The van der Waals surface area contributed by atoms with E-state index >= 15 is 0 Å². The van der Waals surface area contributed by atoms with Crippen molar-refractivity contribution in [2.75, 3.05) is 13.2 Å². The fraction of sp³-hybridized carbons (Fsp3) is 0.938. The van der Waals surface area contributed by atoms with Gasteiger partial charge < -0.3 is 15.8 Å². The SMILES string of the molecule is CCOC(CCNC(=O)C(N)C(C)CC)C1CCCC1. The third kappa shape index (κ3) is 5.41. The van der Waals surface area contributed by atoms with Crippen LogP contribution in [0.2, 0.25) is 0 Å². The highest BCUT2D eigenvalue weighted by molar-refractivity contribution is 5.81. The predicted molar refractivity (Wildman–Crippen MR) is 82.4 cm³/mol. The fourth-order valence-electron chi connectivity index (χ4n) is 2.97. The van der Waals surface area contributed by atoms with Gasteiger partial charge >= 0.3 is 0 Å². The smallest absolute Gasteiger partial charge is 0.237 e. The highest BCUT2D eigenvalue weighted by atomic mass is 16.5. The van der Waals surface area contributed by atoms with E-state index in [-0.39, 0.29) is 11.8 Å². The van der Waals surface area contributed by atoms with Gasteiger partial charge in [-0.05, 0) is 38.0 Å². The van der Waals surface area contributed by atoms with Gasteiger partial charge in [0.25, 0.3) is 0 Å². The molecule has 0 aromatic heterocycles. The van der Waals surface area contributed by atoms with Crippen molar-refractivity contribution in [1.82, 2.24) is 5.32 Å². The van der Waals surface area contributed by atoms with E-state index in [1.165, 1.54) is 25.7 Å². The van der Waals surface area contributed by atoms with Gasteiger partial charge in [-0.1, -0.05) is 33.1 Å². The Balaban J connectivity index is 2.30. The second kappa shape index (κ2) is 9.35. The van der Waals surface area contributed by atoms with Crippen LogP contribution in [0.5, 0.6) is 0 Å². The van der Waals surface area contributed by atoms with Crippen LogP contribution in [-0.4, -0.2) is 31.2 Å². The minimum Gasteiger partial charge on any atom is -0.378 e. The molecule has 1 aliphatic carbocycles. The summed E-state index contributed by atoms with van der Waals surface area (Å²) in [5, 5.41) is 2.97. The average molecular weight is 284 g/mol. The summed E-state index contributed by atoms with van der Waals surface area (Å²) in [5.41, 5.74) is 5.93. The molecule has 0 spiro atoms. The minimum absolute atomic E-state index is 0.0268. The quantitative estimate of drug-likeness (QED) is 0.683. The van der Waals surface area contributed by atoms with Crippen LogP contribution in [0.4, 0.5) is 0 Å². The highest BCUT2D eigenvalue weighted by Gasteiger charge is 2.25. The van der Waals surface area contributed by atoms with Crippen molar-refractivity contribution >= 4 is 5.91 Å². The Bertz CT molecular complexity index is 278. The van der Waals surface area contributed by atoms with Gasteiger partial charge in [0.15, 0.2) is 0 Å². The Kier molecular flexibility index (Phi) is 8.15. The molecule has 0 aromatic rings. The summed E-state index contributed by atoms with van der Waals surface area (Å²) in [6.07, 6.45) is 7.30. The number of amides is 1. The zero-order chi connectivity index (χ0) is 15.0. The molecule has 1 saturated carbocycles. The molecule has 1 aliphatic rings. The molecule has 3 N–H and O–H groups in total. The summed E-state index contributed by atoms with van der Waals surface area (Å²) in [6, 6.07) is -0.392. The van der Waals surface area contributed by atoms with Crippen LogP contribution in [0.25, 0.3) is 0 Å². The van der Waals surface area contributed by atoms with Crippen molar-refractivity contribution in [3.8, 4) is 0 Å². The van der Waals surface area contributed by atoms with E-state index in [2.05, 4.69) is 12.2 Å². The molecule has 0 radical (unpaired) electrons. The Morgan fingerprint density at radius 2 is 2.00 bits per heavy atom. The van der Waals surface area contributed by atoms with Crippen molar-refractivity contribution in [1.29, 1.82) is 0 Å². The maximum atomic E-state index is 11.9. The molecular weight excluding hydrogens is 252 g/mol. The van der Waals surface area contributed by atoms with Gasteiger partial charge in [-0.3, -0.25) is 4.79 Å². The number of hydrogen-bond donors (Lipinski definition) is 2. The summed E-state index contributed by atoms with van der Waals surface area (Å²) in [6.45, 7) is 7.54. The Labute approximate surface area is 123 Å². The summed E-state index contributed by atoms with van der Waals surface area (Å²) >= 11 is 0. The van der Waals surface area contributed by atoms with Gasteiger partial charge in [-0.2, -0.15) is 0 Å². The van der Waals surface area contributed by atoms with Crippen molar-refractivity contribution in [3.63, 3.8) is 0 Å². The van der Waals surface area contributed by atoms with Gasteiger partial charge in [-0.15, -0.1) is 0 Å². The number of carbonyl (C=O) groups is 1. The lowest BCUT2D eigenvalue weighted by Crippen LogP contribution is -2.45. The lowest BCUT2D eigenvalue weighted by Gasteiger charge is -2.24. The Morgan fingerprint density at radius 3 is 2.55 bits per heavy atom. The van der Waals surface area contributed by atoms with E-state index in [0.29, 0.717) is 18.6 Å². The first-order chi connectivity index (χ1) is 9.60. The zero-order valence-electron chi connectivity index (χ0n) is 13.4. The summed E-state index contributed by atoms with van der Waals surface area (Å²) in [7, 11) is 0. The molecule has 1 amide bonds. The number of nitrogens with one attached hydrogen (secondary N) is 1. The van der Waals surface area contributed by atoms with Crippen molar-refractivity contribution in [3.05, 3.63) is 0 Å². The average Bonchev–Trinajstić information content (AvgIpc) is 2.98. The standard InChI is InChI=1S/C16H32N2O2/c1-4-12(3)15(17)16(19)18-11-10-14(20-5-2)13-8-6-7-9-13/h12-15H,4-11,17H2,1-3H3,(H,18,19). The largest absolute Gasteiger partial charge is 0.378 e. The maximum Gasteiger partial charge on any atom is 0.237 e. The first-order valence-electron chi connectivity index (χ1n) is 8.25. The van der Waals surface area contributed by atoms with E-state index in [4.69, 9.17) is 10.5 Å². The fourth-order valence-corrected chi connectivity index (χ4v) is 2.97. The highest BCUT2D eigenvalue weighted by Crippen LogP contribution is 2.30. The van der Waals surface area contributed by atoms with Crippen LogP contribution >= 0.6 is 0 Å². The van der Waals surface area contributed by atoms with E-state index < -0.39 is 6.04 Å². The van der Waals surface area contributed by atoms with Crippen molar-refractivity contribution in [2.45, 2.75) is 71.4 Å². The topological polar surface area (TPSA) is 64.3 Å². The van der Waals surface area contributed by atoms with Gasteiger partial charge in [0.2, 0.25) is 5.91 Å². The molecule has 3 atom stereocenters. The number of hydrogen-bond acceptors (Lipinski definition) is 3. The van der Waals surface area contributed by atoms with Crippen LogP contribution < -0.4 is 11.1 Å². The maximum absolute atomic E-state index is 11.9. The third-order valence-electron chi connectivity index (χ3n) is 4.59. The van der Waals surface area contributed by atoms with E-state index in [1.54, 1.807) is 0 Å². The Morgan fingerprint density at radius 1 is 1.35 bits per heavy atom. The number of rotatable bonds is 9. The predicted octanol–water partition coefficient (Wildman–Crippen LogP) is 2.46. The third-order valence-corrected chi connectivity index (χ3v) is 4.59. The van der Waals surface area contributed by atoms with Crippen LogP contribution in [0.1, 0.15) is 59.3 Å². The lowest BCUT2D eigenvalue weighted by molar-refractivity contribution is -0.123.